The van der Waals surface area contributed by atoms with Gasteiger partial charge in [-0.1, -0.05) is 12.1 Å². The normalized spacial score (nSPS) is 10.9. The van der Waals surface area contributed by atoms with Crippen molar-refractivity contribution in [3.63, 3.8) is 0 Å². The molecular weight excluding hydrogens is 280 g/mol. The van der Waals surface area contributed by atoms with E-state index in [1.54, 1.807) is 17.8 Å². The van der Waals surface area contributed by atoms with E-state index >= 15 is 0 Å². The number of fused-ring (bicyclic) bond motifs is 1. The van der Waals surface area contributed by atoms with E-state index in [2.05, 4.69) is 9.97 Å². The molecule has 1 aromatic carbocycles. The smallest absolute Gasteiger partial charge is 0.345 e. The van der Waals surface area contributed by atoms with Crippen LogP contribution in [0, 0.1) is 0 Å². The Morgan fingerprint density at radius 3 is 3.00 bits per heavy atom. The minimum atomic E-state index is -0.874. The molecule has 0 saturated heterocycles. The first-order valence-corrected chi connectivity index (χ1v) is 7.47. The number of aromatic carboxylic acids is 1. The van der Waals surface area contributed by atoms with Gasteiger partial charge in [0.1, 0.15) is 10.7 Å². The standard InChI is InChI=1S/C13H10N2O2S2/c16-13(17)11-5-8(6-19-11)18-7-12-14-9-3-1-2-4-10(9)15-12/h1-6H,7H2,(H,14,15)(H,16,17). The third-order valence-corrected chi connectivity index (χ3v) is 4.65. The van der Waals surface area contributed by atoms with Crippen LogP contribution in [0.4, 0.5) is 0 Å². The molecule has 0 radical (unpaired) electrons. The number of carbonyl (C=O) groups is 1. The van der Waals surface area contributed by atoms with Crippen LogP contribution < -0.4 is 0 Å². The van der Waals surface area contributed by atoms with Gasteiger partial charge in [0.2, 0.25) is 0 Å². The average molecular weight is 290 g/mol. The molecule has 2 N–H and O–H groups in total. The summed E-state index contributed by atoms with van der Waals surface area (Å²) >= 11 is 2.83. The topological polar surface area (TPSA) is 66.0 Å². The molecule has 0 amide bonds. The number of carboxylic acids is 1. The van der Waals surface area contributed by atoms with Gasteiger partial charge >= 0.3 is 5.97 Å². The maximum absolute atomic E-state index is 10.8. The molecule has 0 atom stereocenters. The summed E-state index contributed by atoms with van der Waals surface area (Å²) in [6.07, 6.45) is 0. The monoisotopic (exact) mass is 290 g/mol. The van der Waals surface area contributed by atoms with Crippen molar-refractivity contribution in [3.8, 4) is 0 Å². The maximum Gasteiger partial charge on any atom is 0.345 e. The van der Waals surface area contributed by atoms with Crippen LogP contribution in [0.2, 0.25) is 0 Å². The number of carboxylic acid groups (broad SMARTS) is 1. The molecule has 3 aromatic rings. The number of H-pyrrole nitrogens is 1. The lowest BCUT2D eigenvalue weighted by Gasteiger charge is -1.94. The fraction of sp³-hybridized carbons (Fsp3) is 0.0769. The summed E-state index contributed by atoms with van der Waals surface area (Å²) in [6, 6.07) is 9.57. The van der Waals surface area contributed by atoms with Crippen LogP contribution in [0.25, 0.3) is 11.0 Å². The lowest BCUT2D eigenvalue weighted by molar-refractivity contribution is 0.0702. The summed E-state index contributed by atoms with van der Waals surface area (Å²) in [4.78, 5) is 19.8. The molecule has 0 spiro atoms. The Hall–Kier alpha value is -1.79. The summed E-state index contributed by atoms with van der Waals surface area (Å²) in [6.45, 7) is 0. The summed E-state index contributed by atoms with van der Waals surface area (Å²) in [5, 5.41) is 10.7. The number of aromatic nitrogens is 2. The molecule has 96 valence electrons. The second-order valence-electron chi connectivity index (χ2n) is 3.94. The predicted molar refractivity (Wildman–Crippen MR) is 76.9 cm³/mol. The van der Waals surface area contributed by atoms with Crippen molar-refractivity contribution < 1.29 is 9.90 Å². The highest BCUT2D eigenvalue weighted by Crippen LogP contribution is 2.27. The highest BCUT2D eigenvalue weighted by Gasteiger charge is 2.08. The van der Waals surface area contributed by atoms with Crippen LogP contribution in [0.5, 0.6) is 0 Å². The molecule has 0 fully saturated rings. The second kappa shape index (κ2) is 5.07. The summed E-state index contributed by atoms with van der Waals surface area (Å²) < 4.78 is 0. The van der Waals surface area contributed by atoms with E-state index in [0.717, 1.165) is 21.8 Å². The zero-order valence-corrected chi connectivity index (χ0v) is 11.4. The zero-order chi connectivity index (χ0) is 13.2. The van der Waals surface area contributed by atoms with Crippen molar-refractivity contribution >= 4 is 40.1 Å². The molecule has 0 aliphatic carbocycles. The number of aromatic amines is 1. The van der Waals surface area contributed by atoms with Crippen molar-refractivity contribution in [2.24, 2.45) is 0 Å². The number of nitrogens with one attached hydrogen (secondary N) is 1. The van der Waals surface area contributed by atoms with E-state index in [1.165, 1.54) is 11.3 Å². The Kier molecular flexibility index (Phi) is 3.27. The number of thiophene rings is 1. The van der Waals surface area contributed by atoms with Crippen LogP contribution in [0.3, 0.4) is 0 Å². The third kappa shape index (κ3) is 2.64. The van der Waals surface area contributed by atoms with Crippen molar-refractivity contribution in [2.75, 3.05) is 0 Å². The average Bonchev–Trinajstić information content (AvgIpc) is 3.02. The van der Waals surface area contributed by atoms with Crippen LogP contribution >= 0.6 is 23.1 Å². The van der Waals surface area contributed by atoms with Crippen LogP contribution in [0.1, 0.15) is 15.5 Å². The fourth-order valence-electron chi connectivity index (χ4n) is 1.73. The van der Waals surface area contributed by atoms with Gasteiger partial charge in [0.25, 0.3) is 0 Å². The largest absolute Gasteiger partial charge is 0.477 e. The number of hydrogen-bond donors (Lipinski definition) is 2. The number of hydrogen-bond acceptors (Lipinski definition) is 4. The molecule has 6 heteroatoms. The summed E-state index contributed by atoms with van der Waals surface area (Å²) in [7, 11) is 0. The first-order valence-electron chi connectivity index (χ1n) is 5.60. The molecule has 2 heterocycles. The Morgan fingerprint density at radius 2 is 2.26 bits per heavy atom. The Morgan fingerprint density at radius 1 is 1.42 bits per heavy atom. The minimum Gasteiger partial charge on any atom is -0.477 e. The van der Waals surface area contributed by atoms with Gasteiger partial charge in [0.05, 0.1) is 16.8 Å². The highest BCUT2D eigenvalue weighted by molar-refractivity contribution is 7.98. The molecule has 0 aliphatic heterocycles. The van der Waals surface area contributed by atoms with Crippen molar-refractivity contribution in [1.29, 1.82) is 0 Å². The summed E-state index contributed by atoms with van der Waals surface area (Å²) in [5.74, 6) is 0.722. The number of rotatable bonds is 4. The van der Waals surface area contributed by atoms with Gasteiger partial charge < -0.3 is 10.1 Å². The zero-order valence-electron chi connectivity index (χ0n) is 9.79. The highest BCUT2D eigenvalue weighted by atomic mass is 32.2. The molecule has 19 heavy (non-hydrogen) atoms. The predicted octanol–water partition coefficient (Wildman–Crippen LogP) is 3.61. The van der Waals surface area contributed by atoms with Crippen molar-refractivity contribution in [3.05, 3.63) is 46.4 Å². The van der Waals surface area contributed by atoms with Gasteiger partial charge in [-0.25, -0.2) is 9.78 Å². The first-order chi connectivity index (χ1) is 9.22. The van der Waals surface area contributed by atoms with Crippen LogP contribution in [-0.4, -0.2) is 21.0 Å². The van der Waals surface area contributed by atoms with E-state index in [9.17, 15) is 4.79 Å². The van der Waals surface area contributed by atoms with E-state index in [0.29, 0.717) is 10.6 Å². The molecular formula is C13H10N2O2S2. The lowest BCUT2D eigenvalue weighted by Crippen LogP contribution is -1.89. The van der Waals surface area contributed by atoms with Gasteiger partial charge in [-0.2, -0.15) is 0 Å². The lowest BCUT2D eigenvalue weighted by atomic mass is 10.3. The van der Waals surface area contributed by atoms with E-state index in [-0.39, 0.29) is 0 Å². The second-order valence-corrected chi connectivity index (χ2v) is 5.90. The number of nitrogens with zero attached hydrogens (tertiary/aromatic N) is 1. The van der Waals surface area contributed by atoms with E-state index < -0.39 is 5.97 Å². The fourth-order valence-corrected chi connectivity index (χ4v) is 3.47. The van der Waals surface area contributed by atoms with Gasteiger partial charge in [-0.15, -0.1) is 23.1 Å². The molecule has 2 aromatic heterocycles. The molecule has 4 nitrogen and oxygen atoms in total. The van der Waals surface area contributed by atoms with Gasteiger partial charge in [-0.3, -0.25) is 0 Å². The molecule has 0 aliphatic rings. The van der Waals surface area contributed by atoms with Crippen molar-refractivity contribution in [1.82, 2.24) is 9.97 Å². The molecule has 0 unspecified atom stereocenters. The quantitative estimate of drug-likeness (QED) is 0.720. The maximum atomic E-state index is 10.8. The van der Waals surface area contributed by atoms with Gasteiger partial charge in [-0.05, 0) is 18.2 Å². The molecule has 0 saturated carbocycles. The SMILES string of the molecule is O=C(O)c1cc(SCc2nc3ccccc3[nH]2)cs1. The van der Waals surface area contributed by atoms with E-state index in [1.807, 2.05) is 29.6 Å². The van der Waals surface area contributed by atoms with Crippen LogP contribution in [0.15, 0.2) is 40.6 Å². The molecule has 3 rings (SSSR count). The third-order valence-electron chi connectivity index (χ3n) is 2.60. The van der Waals surface area contributed by atoms with Gasteiger partial charge in [0.15, 0.2) is 0 Å². The van der Waals surface area contributed by atoms with Crippen molar-refractivity contribution in [2.45, 2.75) is 10.6 Å². The Bertz CT molecular complexity index is 700. The van der Waals surface area contributed by atoms with Gasteiger partial charge in [0, 0.05) is 10.3 Å². The number of imidazole rings is 1. The Labute approximate surface area is 117 Å². The number of benzene rings is 1. The first kappa shape index (κ1) is 12.3. The minimum absolute atomic E-state index is 0.368. The number of thioether (sulfide) groups is 1. The molecule has 0 bridgehead atoms. The summed E-state index contributed by atoms with van der Waals surface area (Å²) in [5.41, 5.74) is 1.98. The Balaban J connectivity index is 1.72. The van der Waals surface area contributed by atoms with E-state index in [4.69, 9.17) is 5.11 Å². The van der Waals surface area contributed by atoms with Crippen LogP contribution in [-0.2, 0) is 5.75 Å². The number of para-hydroxylation sites is 2.